The predicted molar refractivity (Wildman–Crippen MR) is 61.5 cm³/mol. The van der Waals surface area contributed by atoms with Crippen molar-refractivity contribution in [2.24, 2.45) is 0 Å². The van der Waals surface area contributed by atoms with Crippen LogP contribution in [0.3, 0.4) is 0 Å². The maximum Gasteiger partial charge on any atom is 0.257 e. The van der Waals surface area contributed by atoms with E-state index >= 15 is 0 Å². The van der Waals surface area contributed by atoms with Gasteiger partial charge in [-0.1, -0.05) is 0 Å². The van der Waals surface area contributed by atoms with Crippen molar-refractivity contribution in [3.05, 3.63) is 29.3 Å². The van der Waals surface area contributed by atoms with E-state index in [9.17, 15) is 13.6 Å². The molecule has 6 heteroatoms. The summed E-state index contributed by atoms with van der Waals surface area (Å²) >= 11 is 0. The second kappa shape index (κ2) is 5.30. The van der Waals surface area contributed by atoms with Crippen LogP contribution in [0.2, 0.25) is 0 Å². The summed E-state index contributed by atoms with van der Waals surface area (Å²) in [4.78, 5) is 11.7. The van der Waals surface area contributed by atoms with Crippen molar-refractivity contribution >= 4 is 5.91 Å². The fraction of sp³-hybridized carbons (Fsp3) is 0.417. The van der Waals surface area contributed by atoms with Crippen LogP contribution >= 0.6 is 0 Å². The molecule has 0 unspecified atom stereocenters. The van der Waals surface area contributed by atoms with E-state index in [1.54, 1.807) is 0 Å². The summed E-state index contributed by atoms with van der Waals surface area (Å²) in [5.74, 6) is -2.97. The molecule has 2 N–H and O–H groups in total. The highest BCUT2D eigenvalue weighted by Crippen LogP contribution is 2.21. The zero-order chi connectivity index (χ0) is 13.9. The molecule has 0 heterocycles. The van der Waals surface area contributed by atoms with Gasteiger partial charge in [-0.15, -0.1) is 0 Å². The molecule has 0 aliphatic heterocycles. The summed E-state index contributed by atoms with van der Waals surface area (Å²) < 4.78 is 31.8. The molecule has 100 valence electrons. The first kappa shape index (κ1) is 14.4. The number of methoxy groups -OCH3 is 1. The molecule has 0 saturated heterocycles. The van der Waals surface area contributed by atoms with Crippen LogP contribution in [-0.4, -0.2) is 30.3 Å². The second-order valence-corrected chi connectivity index (χ2v) is 4.46. The number of hydrogen-bond donors (Lipinski definition) is 2. The predicted octanol–water partition coefficient (Wildman–Crippen LogP) is 1.47. The first-order valence-corrected chi connectivity index (χ1v) is 5.27. The maximum absolute atomic E-state index is 13.6. The molecule has 0 aliphatic rings. The van der Waals surface area contributed by atoms with Crippen LogP contribution in [0.15, 0.2) is 12.1 Å². The Kier molecular flexibility index (Phi) is 4.24. The van der Waals surface area contributed by atoms with E-state index in [0.29, 0.717) is 0 Å². The Bertz CT molecular complexity index is 438. The molecular formula is C12H15F2NO3. The van der Waals surface area contributed by atoms with Gasteiger partial charge < -0.3 is 15.2 Å². The molecule has 0 aromatic heterocycles. The van der Waals surface area contributed by atoms with Gasteiger partial charge in [0.25, 0.3) is 5.91 Å². The quantitative estimate of drug-likeness (QED) is 0.861. The van der Waals surface area contributed by atoms with Gasteiger partial charge in [-0.3, -0.25) is 4.79 Å². The van der Waals surface area contributed by atoms with Crippen molar-refractivity contribution in [2.45, 2.75) is 19.4 Å². The first-order valence-electron chi connectivity index (χ1n) is 5.27. The van der Waals surface area contributed by atoms with Crippen LogP contribution in [0.25, 0.3) is 0 Å². The summed E-state index contributed by atoms with van der Waals surface area (Å²) in [5, 5.41) is 11.3. The van der Waals surface area contributed by atoms with E-state index in [-0.39, 0.29) is 12.4 Å². The molecule has 0 atom stereocenters. The van der Waals surface area contributed by atoms with Gasteiger partial charge in [-0.05, 0) is 13.8 Å². The zero-order valence-electron chi connectivity index (χ0n) is 10.4. The van der Waals surface area contributed by atoms with Gasteiger partial charge in [-0.2, -0.15) is 0 Å². The van der Waals surface area contributed by atoms with Crippen molar-refractivity contribution in [1.29, 1.82) is 0 Å². The van der Waals surface area contributed by atoms with Gasteiger partial charge >= 0.3 is 0 Å². The maximum atomic E-state index is 13.6. The number of rotatable bonds is 4. The normalized spacial score (nSPS) is 11.2. The van der Waals surface area contributed by atoms with E-state index < -0.39 is 28.6 Å². The van der Waals surface area contributed by atoms with Crippen molar-refractivity contribution in [1.82, 2.24) is 5.32 Å². The molecule has 0 spiro atoms. The summed E-state index contributed by atoms with van der Waals surface area (Å²) in [6, 6.07) is 1.84. The number of ether oxygens (including phenoxy) is 1. The van der Waals surface area contributed by atoms with Crippen LogP contribution in [0.5, 0.6) is 5.75 Å². The molecule has 18 heavy (non-hydrogen) atoms. The molecule has 1 aromatic rings. The van der Waals surface area contributed by atoms with Crippen molar-refractivity contribution < 1.29 is 23.4 Å². The number of carbonyl (C=O) groups excluding carboxylic acids is 1. The SMILES string of the molecule is COc1cc(F)c(C(=O)NC(C)(C)CO)c(F)c1. The van der Waals surface area contributed by atoms with E-state index in [1.165, 1.54) is 21.0 Å². The molecule has 1 amide bonds. The minimum atomic E-state index is -1.02. The third-order valence-electron chi connectivity index (χ3n) is 2.33. The lowest BCUT2D eigenvalue weighted by atomic mass is 10.1. The average Bonchev–Trinajstić information content (AvgIpc) is 2.27. The van der Waals surface area contributed by atoms with Crippen molar-refractivity contribution in [2.75, 3.05) is 13.7 Å². The van der Waals surface area contributed by atoms with Crippen molar-refractivity contribution in [3.63, 3.8) is 0 Å². The number of aliphatic hydroxyl groups excluding tert-OH is 1. The second-order valence-electron chi connectivity index (χ2n) is 4.46. The smallest absolute Gasteiger partial charge is 0.257 e. The third kappa shape index (κ3) is 3.16. The topological polar surface area (TPSA) is 58.6 Å². The molecular weight excluding hydrogens is 244 g/mol. The Morgan fingerprint density at radius 3 is 2.28 bits per heavy atom. The van der Waals surface area contributed by atoms with Crippen LogP contribution in [0, 0.1) is 11.6 Å². The number of benzene rings is 1. The Balaban J connectivity index is 3.07. The average molecular weight is 259 g/mol. The molecule has 4 nitrogen and oxygen atoms in total. The number of hydrogen-bond acceptors (Lipinski definition) is 3. The summed E-state index contributed by atoms with van der Waals surface area (Å²) in [6.07, 6.45) is 0. The highest BCUT2D eigenvalue weighted by Gasteiger charge is 2.25. The molecule has 0 saturated carbocycles. The van der Waals surface area contributed by atoms with E-state index in [2.05, 4.69) is 10.1 Å². The summed E-state index contributed by atoms with van der Waals surface area (Å²) in [7, 11) is 1.27. The molecule has 0 fully saturated rings. The summed E-state index contributed by atoms with van der Waals surface area (Å²) in [5.41, 5.74) is -1.66. The minimum Gasteiger partial charge on any atom is -0.497 e. The van der Waals surface area contributed by atoms with Crippen LogP contribution in [0.1, 0.15) is 24.2 Å². The van der Waals surface area contributed by atoms with E-state index in [0.717, 1.165) is 12.1 Å². The Morgan fingerprint density at radius 1 is 1.39 bits per heavy atom. The molecule has 0 aliphatic carbocycles. The van der Waals surface area contributed by atoms with Crippen LogP contribution < -0.4 is 10.1 Å². The lowest BCUT2D eigenvalue weighted by Gasteiger charge is -2.23. The van der Waals surface area contributed by atoms with Gasteiger partial charge in [0, 0.05) is 12.1 Å². The number of nitrogens with one attached hydrogen (secondary N) is 1. The van der Waals surface area contributed by atoms with Crippen molar-refractivity contribution in [3.8, 4) is 5.75 Å². The summed E-state index contributed by atoms with van der Waals surface area (Å²) in [6.45, 7) is 2.71. The standard InChI is InChI=1S/C12H15F2NO3/c1-12(2,6-16)15-11(17)10-8(13)4-7(18-3)5-9(10)14/h4-5,16H,6H2,1-3H3,(H,15,17). The largest absolute Gasteiger partial charge is 0.497 e. The third-order valence-corrected chi connectivity index (χ3v) is 2.33. The fourth-order valence-electron chi connectivity index (χ4n) is 1.29. The number of aliphatic hydroxyl groups is 1. The Hall–Kier alpha value is -1.69. The lowest BCUT2D eigenvalue weighted by Crippen LogP contribution is -2.46. The van der Waals surface area contributed by atoms with Gasteiger partial charge in [-0.25, -0.2) is 8.78 Å². The van der Waals surface area contributed by atoms with E-state index in [1.807, 2.05) is 0 Å². The van der Waals surface area contributed by atoms with Gasteiger partial charge in [0.15, 0.2) is 0 Å². The molecule has 1 rings (SSSR count). The fourth-order valence-corrected chi connectivity index (χ4v) is 1.29. The molecule has 0 bridgehead atoms. The number of halogens is 2. The Morgan fingerprint density at radius 2 is 1.89 bits per heavy atom. The highest BCUT2D eigenvalue weighted by molar-refractivity contribution is 5.95. The first-order chi connectivity index (χ1) is 8.30. The van der Waals surface area contributed by atoms with E-state index in [4.69, 9.17) is 5.11 Å². The van der Waals surface area contributed by atoms with Gasteiger partial charge in [0.05, 0.1) is 19.3 Å². The monoisotopic (exact) mass is 259 g/mol. The minimum absolute atomic E-state index is 0.0111. The van der Waals surface area contributed by atoms with Gasteiger partial charge in [0.2, 0.25) is 0 Å². The number of carbonyl (C=O) groups is 1. The lowest BCUT2D eigenvalue weighted by molar-refractivity contribution is 0.0860. The zero-order valence-corrected chi connectivity index (χ0v) is 10.4. The van der Waals surface area contributed by atoms with Crippen LogP contribution in [-0.2, 0) is 0 Å². The van der Waals surface area contributed by atoms with Crippen LogP contribution in [0.4, 0.5) is 8.78 Å². The molecule has 0 radical (unpaired) electrons. The molecule has 1 aromatic carbocycles. The number of amides is 1. The van der Waals surface area contributed by atoms with Gasteiger partial charge in [0.1, 0.15) is 22.9 Å². The Labute approximate surface area is 104 Å². The highest BCUT2D eigenvalue weighted by atomic mass is 19.1.